The van der Waals surface area contributed by atoms with Crippen LogP contribution in [0.4, 0.5) is 0 Å². The van der Waals surface area contributed by atoms with Crippen LogP contribution in [0.5, 0.6) is 0 Å². The number of rotatable bonds is 4. The van der Waals surface area contributed by atoms with Gasteiger partial charge in [-0.3, -0.25) is 9.59 Å². The van der Waals surface area contributed by atoms with Crippen molar-refractivity contribution in [2.45, 2.75) is 31.7 Å². The highest BCUT2D eigenvalue weighted by atomic mass is 16.4. The van der Waals surface area contributed by atoms with Crippen molar-refractivity contribution in [1.82, 2.24) is 15.3 Å². The zero-order valence-corrected chi connectivity index (χ0v) is 11.5. The molecule has 0 aliphatic heterocycles. The number of carboxylic acid groups (broad SMARTS) is 1. The first-order valence-corrected chi connectivity index (χ1v) is 7.06. The predicted molar refractivity (Wildman–Crippen MR) is 76.7 cm³/mol. The molecular weight excluding hydrogens is 270 g/mol. The van der Waals surface area contributed by atoms with E-state index in [2.05, 4.69) is 15.3 Å². The third-order valence-corrected chi connectivity index (χ3v) is 4.03. The van der Waals surface area contributed by atoms with Crippen LogP contribution in [-0.4, -0.2) is 33.0 Å². The SMILES string of the molecule is O=C(Cc1c[nH]c2ncccc12)N[C@@H]1CC[C@H](C(=O)O)C1. The van der Waals surface area contributed by atoms with Crippen molar-refractivity contribution in [3.8, 4) is 0 Å². The number of hydrogen-bond donors (Lipinski definition) is 3. The van der Waals surface area contributed by atoms with Crippen LogP contribution in [0.3, 0.4) is 0 Å². The summed E-state index contributed by atoms with van der Waals surface area (Å²) in [5.74, 6) is -1.17. The third-order valence-electron chi connectivity index (χ3n) is 4.03. The minimum Gasteiger partial charge on any atom is -0.481 e. The number of carboxylic acids is 1. The van der Waals surface area contributed by atoms with E-state index in [1.807, 2.05) is 12.1 Å². The molecule has 0 saturated heterocycles. The highest BCUT2D eigenvalue weighted by molar-refractivity contribution is 5.87. The first-order chi connectivity index (χ1) is 10.1. The van der Waals surface area contributed by atoms with Gasteiger partial charge in [0.15, 0.2) is 0 Å². The van der Waals surface area contributed by atoms with Crippen LogP contribution in [0.2, 0.25) is 0 Å². The zero-order valence-electron chi connectivity index (χ0n) is 11.5. The van der Waals surface area contributed by atoms with E-state index in [4.69, 9.17) is 5.11 Å². The Hall–Kier alpha value is -2.37. The van der Waals surface area contributed by atoms with E-state index in [-0.39, 0.29) is 24.3 Å². The van der Waals surface area contributed by atoms with E-state index in [0.29, 0.717) is 12.8 Å². The molecule has 0 unspecified atom stereocenters. The molecule has 0 aromatic carbocycles. The summed E-state index contributed by atoms with van der Waals surface area (Å²) < 4.78 is 0. The average molecular weight is 287 g/mol. The highest BCUT2D eigenvalue weighted by Gasteiger charge is 2.30. The van der Waals surface area contributed by atoms with Gasteiger partial charge < -0.3 is 15.4 Å². The lowest BCUT2D eigenvalue weighted by Gasteiger charge is -2.12. The van der Waals surface area contributed by atoms with Gasteiger partial charge in [0, 0.05) is 23.8 Å². The minimum atomic E-state index is -0.769. The maximum atomic E-state index is 12.1. The number of aromatic amines is 1. The topological polar surface area (TPSA) is 95.1 Å². The summed E-state index contributed by atoms with van der Waals surface area (Å²) in [7, 11) is 0. The van der Waals surface area contributed by atoms with Crippen molar-refractivity contribution in [1.29, 1.82) is 0 Å². The van der Waals surface area contributed by atoms with Crippen LogP contribution >= 0.6 is 0 Å². The maximum absolute atomic E-state index is 12.1. The molecule has 2 atom stereocenters. The molecule has 0 radical (unpaired) electrons. The summed E-state index contributed by atoms with van der Waals surface area (Å²) in [5.41, 5.74) is 1.68. The van der Waals surface area contributed by atoms with E-state index < -0.39 is 5.97 Å². The molecule has 6 nitrogen and oxygen atoms in total. The summed E-state index contributed by atoms with van der Waals surface area (Å²) in [6.07, 6.45) is 5.67. The Kier molecular flexibility index (Phi) is 3.60. The fourth-order valence-electron chi connectivity index (χ4n) is 2.95. The smallest absolute Gasteiger partial charge is 0.306 e. The Balaban J connectivity index is 1.61. The summed E-state index contributed by atoms with van der Waals surface area (Å²) in [5, 5.41) is 12.8. The molecule has 3 rings (SSSR count). The van der Waals surface area contributed by atoms with Crippen molar-refractivity contribution >= 4 is 22.9 Å². The number of hydrogen-bond acceptors (Lipinski definition) is 3. The normalized spacial score (nSPS) is 21.5. The lowest BCUT2D eigenvalue weighted by molar-refractivity contribution is -0.141. The molecule has 2 aromatic rings. The standard InChI is InChI=1S/C15H17N3O3/c19-13(18-11-4-3-9(6-11)15(20)21)7-10-8-17-14-12(10)2-1-5-16-14/h1-2,5,8-9,11H,3-4,6-7H2,(H,16,17)(H,18,19)(H,20,21)/t9-,11+/m0/s1. The van der Waals surface area contributed by atoms with Crippen molar-refractivity contribution in [3.05, 3.63) is 30.1 Å². The van der Waals surface area contributed by atoms with Crippen molar-refractivity contribution < 1.29 is 14.7 Å². The van der Waals surface area contributed by atoms with E-state index in [9.17, 15) is 9.59 Å². The molecule has 3 N–H and O–H groups in total. The molecule has 2 aromatic heterocycles. The fourth-order valence-corrected chi connectivity index (χ4v) is 2.95. The number of carbonyl (C=O) groups excluding carboxylic acids is 1. The fraction of sp³-hybridized carbons (Fsp3) is 0.400. The van der Waals surface area contributed by atoms with Gasteiger partial charge in [-0.05, 0) is 37.0 Å². The van der Waals surface area contributed by atoms with E-state index >= 15 is 0 Å². The number of fused-ring (bicyclic) bond motifs is 1. The number of carbonyl (C=O) groups is 2. The Labute approximate surface area is 121 Å². The van der Waals surface area contributed by atoms with Crippen LogP contribution in [0.15, 0.2) is 24.5 Å². The van der Waals surface area contributed by atoms with Crippen molar-refractivity contribution in [2.75, 3.05) is 0 Å². The van der Waals surface area contributed by atoms with Crippen LogP contribution in [0.1, 0.15) is 24.8 Å². The van der Waals surface area contributed by atoms with Crippen LogP contribution in [0.25, 0.3) is 11.0 Å². The minimum absolute atomic E-state index is 0.0260. The molecule has 21 heavy (non-hydrogen) atoms. The van der Waals surface area contributed by atoms with Crippen molar-refractivity contribution in [2.24, 2.45) is 5.92 Å². The van der Waals surface area contributed by atoms with E-state index in [1.165, 1.54) is 0 Å². The molecule has 1 fully saturated rings. The van der Waals surface area contributed by atoms with Gasteiger partial charge in [-0.2, -0.15) is 0 Å². The van der Waals surface area contributed by atoms with Gasteiger partial charge in [0.05, 0.1) is 12.3 Å². The highest BCUT2D eigenvalue weighted by Crippen LogP contribution is 2.25. The number of nitrogens with one attached hydrogen (secondary N) is 2. The van der Waals surface area contributed by atoms with Crippen LogP contribution in [-0.2, 0) is 16.0 Å². The Morgan fingerprint density at radius 1 is 1.43 bits per heavy atom. The maximum Gasteiger partial charge on any atom is 0.306 e. The third kappa shape index (κ3) is 2.89. The molecular formula is C15H17N3O3. The molecule has 1 aliphatic rings. The number of amides is 1. The molecule has 1 aliphatic carbocycles. The Morgan fingerprint density at radius 2 is 2.29 bits per heavy atom. The van der Waals surface area contributed by atoms with Gasteiger partial charge in [-0.1, -0.05) is 0 Å². The van der Waals surface area contributed by atoms with Crippen molar-refractivity contribution in [3.63, 3.8) is 0 Å². The van der Waals surface area contributed by atoms with Crippen LogP contribution < -0.4 is 5.32 Å². The molecule has 110 valence electrons. The van der Waals surface area contributed by atoms with Gasteiger partial charge >= 0.3 is 5.97 Å². The van der Waals surface area contributed by atoms with Gasteiger partial charge in [0.25, 0.3) is 0 Å². The van der Waals surface area contributed by atoms with Gasteiger partial charge in [-0.25, -0.2) is 4.98 Å². The summed E-state index contributed by atoms with van der Waals surface area (Å²) in [6.45, 7) is 0. The number of aromatic nitrogens is 2. The first kappa shape index (κ1) is 13.6. The summed E-state index contributed by atoms with van der Waals surface area (Å²) >= 11 is 0. The van der Waals surface area contributed by atoms with Crippen LogP contribution in [0, 0.1) is 5.92 Å². The molecule has 6 heteroatoms. The lowest BCUT2D eigenvalue weighted by atomic mass is 10.1. The van der Waals surface area contributed by atoms with E-state index in [0.717, 1.165) is 23.0 Å². The van der Waals surface area contributed by atoms with Gasteiger partial charge in [0.2, 0.25) is 5.91 Å². The molecule has 0 spiro atoms. The van der Waals surface area contributed by atoms with Gasteiger partial charge in [0.1, 0.15) is 5.65 Å². The summed E-state index contributed by atoms with van der Waals surface area (Å²) in [4.78, 5) is 30.2. The number of nitrogens with zero attached hydrogens (tertiary/aromatic N) is 1. The molecule has 2 heterocycles. The Bertz CT molecular complexity index is 680. The quantitative estimate of drug-likeness (QED) is 0.793. The number of H-pyrrole nitrogens is 1. The molecule has 1 saturated carbocycles. The number of pyridine rings is 1. The summed E-state index contributed by atoms with van der Waals surface area (Å²) in [6, 6.07) is 3.74. The predicted octanol–water partition coefficient (Wildman–Crippen LogP) is 1.47. The monoisotopic (exact) mass is 287 g/mol. The first-order valence-electron chi connectivity index (χ1n) is 7.06. The molecule has 0 bridgehead atoms. The average Bonchev–Trinajstić information content (AvgIpc) is 3.07. The zero-order chi connectivity index (χ0) is 14.8. The second-order valence-electron chi connectivity index (χ2n) is 5.50. The second kappa shape index (κ2) is 5.55. The molecule has 1 amide bonds. The Morgan fingerprint density at radius 3 is 3.05 bits per heavy atom. The second-order valence-corrected chi connectivity index (χ2v) is 5.50. The van der Waals surface area contributed by atoms with Gasteiger partial charge in [-0.15, -0.1) is 0 Å². The van der Waals surface area contributed by atoms with E-state index in [1.54, 1.807) is 12.4 Å². The largest absolute Gasteiger partial charge is 0.481 e. The number of aliphatic carboxylic acids is 1. The lowest BCUT2D eigenvalue weighted by Crippen LogP contribution is -2.34.